The molecule has 1 saturated heterocycles. The molecule has 2 N–H and O–H groups in total. The predicted molar refractivity (Wildman–Crippen MR) is 81.0 cm³/mol. The molecule has 1 aromatic carbocycles. The van der Waals surface area contributed by atoms with E-state index in [1.54, 1.807) is 0 Å². The Morgan fingerprint density at radius 3 is 2.59 bits per heavy atom. The van der Waals surface area contributed by atoms with Crippen LogP contribution in [-0.2, 0) is 10.0 Å². The molecule has 0 amide bonds. The van der Waals surface area contributed by atoms with E-state index in [0.29, 0.717) is 0 Å². The average molecular weight is 325 g/mol. The van der Waals surface area contributed by atoms with Crippen LogP contribution in [0.2, 0.25) is 0 Å². The monoisotopic (exact) mass is 325 g/mol. The maximum atomic E-state index is 12.5. The lowest BCUT2D eigenvalue weighted by atomic mass is 9.82. The molecule has 1 spiro atoms. The molecule has 3 rings (SSSR count). The van der Waals surface area contributed by atoms with Crippen LogP contribution in [0, 0.1) is 15.5 Å². The molecule has 0 aromatic heterocycles. The number of rotatable bonds is 4. The van der Waals surface area contributed by atoms with Crippen molar-refractivity contribution in [2.75, 3.05) is 13.1 Å². The maximum Gasteiger partial charge on any atom is 0.269 e. The maximum absolute atomic E-state index is 12.5. The normalized spacial score (nSPS) is 28.3. The zero-order chi connectivity index (χ0) is 15.8. The van der Waals surface area contributed by atoms with Crippen molar-refractivity contribution >= 4 is 15.7 Å². The second-order valence-corrected chi connectivity index (χ2v) is 7.82. The Balaban J connectivity index is 1.79. The number of non-ortho nitro benzene ring substituents is 1. The van der Waals surface area contributed by atoms with Gasteiger partial charge in [-0.25, -0.2) is 13.1 Å². The van der Waals surface area contributed by atoms with Crippen molar-refractivity contribution in [1.82, 2.24) is 10.0 Å². The zero-order valence-corrected chi connectivity index (χ0v) is 12.9. The first-order valence-electron chi connectivity index (χ1n) is 7.41. The number of nitrogens with zero attached hydrogens (tertiary/aromatic N) is 1. The number of hydrogen-bond acceptors (Lipinski definition) is 5. The van der Waals surface area contributed by atoms with E-state index in [2.05, 4.69) is 10.0 Å². The Hall–Kier alpha value is -1.51. The summed E-state index contributed by atoms with van der Waals surface area (Å²) >= 11 is 0. The van der Waals surface area contributed by atoms with Crippen molar-refractivity contribution in [3.63, 3.8) is 0 Å². The first-order valence-corrected chi connectivity index (χ1v) is 8.89. The minimum Gasteiger partial charge on any atom is -0.316 e. The molecule has 120 valence electrons. The molecule has 2 atom stereocenters. The number of hydrogen-bond donors (Lipinski definition) is 2. The van der Waals surface area contributed by atoms with E-state index in [-0.39, 0.29) is 22.0 Å². The van der Waals surface area contributed by atoms with Crippen molar-refractivity contribution in [3.8, 4) is 0 Å². The fourth-order valence-electron chi connectivity index (χ4n) is 3.60. The molecule has 7 nitrogen and oxygen atoms in total. The van der Waals surface area contributed by atoms with Gasteiger partial charge in [-0.05, 0) is 37.9 Å². The molecule has 8 heteroatoms. The van der Waals surface area contributed by atoms with Gasteiger partial charge < -0.3 is 5.32 Å². The Morgan fingerprint density at radius 1 is 1.27 bits per heavy atom. The van der Waals surface area contributed by atoms with Crippen LogP contribution in [-0.4, -0.2) is 32.5 Å². The second kappa shape index (κ2) is 5.60. The third-order valence-electron chi connectivity index (χ3n) is 4.84. The molecule has 2 fully saturated rings. The smallest absolute Gasteiger partial charge is 0.269 e. The third-order valence-corrected chi connectivity index (χ3v) is 6.33. The van der Waals surface area contributed by atoms with E-state index in [1.807, 2.05) is 0 Å². The molecular weight excluding hydrogens is 306 g/mol. The van der Waals surface area contributed by atoms with Gasteiger partial charge in [-0.15, -0.1) is 0 Å². The summed E-state index contributed by atoms with van der Waals surface area (Å²) in [5.74, 6) is 0. The van der Waals surface area contributed by atoms with E-state index >= 15 is 0 Å². The fourth-order valence-corrected chi connectivity index (χ4v) is 4.97. The van der Waals surface area contributed by atoms with Crippen LogP contribution in [0.15, 0.2) is 29.2 Å². The van der Waals surface area contributed by atoms with Crippen LogP contribution < -0.4 is 10.0 Å². The summed E-state index contributed by atoms with van der Waals surface area (Å²) in [5, 5.41) is 14.0. The average Bonchev–Trinajstić information content (AvgIpc) is 3.10. The van der Waals surface area contributed by atoms with Crippen molar-refractivity contribution in [2.24, 2.45) is 5.41 Å². The highest BCUT2D eigenvalue weighted by molar-refractivity contribution is 7.89. The van der Waals surface area contributed by atoms with Crippen LogP contribution in [0.4, 0.5) is 5.69 Å². The first kappa shape index (κ1) is 15.4. The summed E-state index contributed by atoms with van der Waals surface area (Å²) < 4.78 is 27.8. The van der Waals surface area contributed by atoms with Crippen LogP contribution in [0.3, 0.4) is 0 Å². The third kappa shape index (κ3) is 2.73. The van der Waals surface area contributed by atoms with Gasteiger partial charge in [0, 0.05) is 30.1 Å². The van der Waals surface area contributed by atoms with Gasteiger partial charge in [-0.2, -0.15) is 0 Å². The Morgan fingerprint density at radius 2 is 2.00 bits per heavy atom. The summed E-state index contributed by atoms with van der Waals surface area (Å²) in [6.45, 7) is 1.77. The Bertz CT molecular complexity index is 660. The minimum absolute atomic E-state index is 0.0217. The highest BCUT2D eigenvalue weighted by atomic mass is 32.2. The van der Waals surface area contributed by atoms with Crippen molar-refractivity contribution in [3.05, 3.63) is 34.4 Å². The quantitative estimate of drug-likeness (QED) is 0.644. The SMILES string of the molecule is O=[N+]([O-])c1ccc(S(=O)(=O)NC2CCCC23CCNC3)cc1. The van der Waals surface area contributed by atoms with Crippen molar-refractivity contribution in [2.45, 2.75) is 36.6 Å². The molecule has 1 saturated carbocycles. The summed E-state index contributed by atoms with van der Waals surface area (Å²) in [7, 11) is -3.65. The molecule has 1 aliphatic carbocycles. The minimum atomic E-state index is -3.65. The molecule has 1 heterocycles. The number of nitrogens with one attached hydrogen (secondary N) is 2. The lowest BCUT2D eigenvalue weighted by Crippen LogP contribution is -2.45. The molecule has 1 aromatic rings. The van der Waals surface area contributed by atoms with Crippen molar-refractivity contribution < 1.29 is 13.3 Å². The van der Waals surface area contributed by atoms with Gasteiger partial charge in [0.25, 0.3) is 5.69 Å². The molecule has 22 heavy (non-hydrogen) atoms. The van der Waals surface area contributed by atoms with Gasteiger partial charge in [-0.3, -0.25) is 10.1 Å². The van der Waals surface area contributed by atoms with Gasteiger partial charge in [0.2, 0.25) is 10.0 Å². The van der Waals surface area contributed by atoms with E-state index in [0.717, 1.165) is 38.8 Å². The van der Waals surface area contributed by atoms with Crippen LogP contribution >= 0.6 is 0 Å². The number of nitro benzene ring substituents is 1. The number of benzene rings is 1. The highest BCUT2D eigenvalue weighted by Gasteiger charge is 2.46. The molecular formula is C14H19N3O4S. The van der Waals surface area contributed by atoms with Gasteiger partial charge >= 0.3 is 0 Å². The first-order chi connectivity index (χ1) is 10.4. The lowest BCUT2D eigenvalue weighted by molar-refractivity contribution is -0.384. The summed E-state index contributed by atoms with van der Waals surface area (Å²) in [6, 6.07) is 4.94. The summed E-state index contributed by atoms with van der Waals surface area (Å²) in [4.78, 5) is 10.2. The largest absolute Gasteiger partial charge is 0.316 e. The fraction of sp³-hybridized carbons (Fsp3) is 0.571. The standard InChI is InChI=1S/C14H19N3O4S/c18-17(19)11-3-5-12(6-4-11)22(20,21)16-13-2-1-7-14(13)8-9-15-10-14/h3-6,13,15-16H,1-2,7-10H2. The van der Waals surface area contributed by atoms with E-state index in [4.69, 9.17) is 0 Å². The summed E-state index contributed by atoms with van der Waals surface area (Å²) in [5.41, 5.74) is -0.0929. The van der Waals surface area contributed by atoms with Gasteiger partial charge in [0.05, 0.1) is 9.82 Å². The molecule has 2 aliphatic rings. The van der Waals surface area contributed by atoms with Crippen LogP contribution in [0.5, 0.6) is 0 Å². The van der Waals surface area contributed by atoms with E-state index < -0.39 is 14.9 Å². The predicted octanol–water partition coefficient (Wildman–Crippen LogP) is 1.41. The molecule has 0 radical (unpaired) electrons. The Kier molecular flexibility index (Phi) is 3.92. The lowest BCUT2D eigenvalue weighted by Gasteiger charge is -2.30. The van der Waals surface area contributed by atoms with Gasteiger partial charge in [0.1, 0.15) is 0 Å². The molecule has 1 aliphatic heterocycles. The van der Waals surface area contributed by atoms with Crippen molar-refractivity contribution in [1.29, 1.82) is 0 Å². The number of sulfonamides is 1. The number of nitro groups is 1. The zero-order valence-electron chi connectivity index (χ0n) is 12.1. The highest BCUT2D eigenvalue weighted by Crippen LogP contribution is 2.43. The Labute approximate surface area is 129 Å². The molecule has 0 bridgehead atoms. The van der Waals surface area contributed by atoms with Crippen LogP contribution in [0.1, 0.15) is 25.7 Å². The van der Waals surface area contributed by atoms with Gasteiger partial charge in [0.15, 0.2) is 0 Å². The van der Waals surface area contributed by atoms with Gasteiger partial charge in [-0.1, -0.05) is 6.42 Å². The van der Waals surface area contributed by atoms with Crippen LogP contribution in [0.25, 0.3) is 0 Å². The van der Waals surface area contributed by atoms with E-state index in [1.165, 1.54) is 24.3 Å². The summed E-state index contributed by atoms with van der Waals surface area (Å²) in [6.07, 6.45) is 3.89. The topological polar surface area (TPSA) is 101 Å². The molecule has 2 unspecified atom stereocenters. The van der Waals surface area contributed by atoms with E-state index in [9.17, 15) is 18.5 Å². The second-order valence-electron chi connectivity index (χ2n) is 6.11.